The van der Waals surface area contributed by atoms with Crippen LogP contribution in [0.3, 0.4) is 0 Å². The molecule has 8 nitrogen and oxygen atoms in total. The van der Waals surface area contributed by atoms with Gasteiger partial charge >= 0.3 is 11.9 Å². The Kier molecular flexibility index (Phi) is 7.70. The van der Waals surface area contributed by atoms with Crippen LogP contribution in [0.4, 0.5) is 5.69 Å². The molecule has 2 aromatic rings. The summed E-state index contributed by atoms with van der Waals surface area (Å²) in [5.41, 5.74) is 0.950. The molecule has 0 aliphatic heterocycles. The minimum absolute atomic E-state index is 0.0972. The highest BCUT2D eigenvalue weighted by molar-refractivity contribution is 9.08. The van der Waals surface area contributed by atoms with Crippen molar-refractivity contribution in [3.63, 3.8) is 0 Å². The van der Waals surface area contributed by atoms with Gasteiger partial charge in [-0.05, 0) is 29.8 Å². The quantitative estimate of drug-likeness (QED) is 0.390. The molecule has 25 heavy (non-hydrogen) atoms. The molecule has 132 valence electrons. The summed E-state index contributed by atoms with van der Waals surface area (Å²) < 4.78 is 0. The Morgan fingerprint density at radius 1 is 1.00 bits per heavy atom. The third-order valence-corrected chi connectivity index (χ3v) is 3.70. The van der Waals surface area contributed by atoms with Crippen molar-refractivity contribution in [1.29, 1.82) is 0 Å². The first-order valence-corrected chi connectivity index (χ1v) is 7.92. The van der Waals surface area contributed by atoms with Gasteiger partial charge in [-0.2, -0.15) is 0 Å². The van der Waals surface area contributed by atoms with Crippen molar-refractivity contribution in [3.8, 4) is 0 Å². The molecule has 9 heteroatoms. The standard InChI is InChI=1S/C8H7BrO2.C8H7NO5/c9-5-6-1-3-7(4-2-6)8(10)11;10-4-6-2-1-5(8(11)12)3-7(6)9(13)14/h1-4H,5H2,(H,10,11);1-3,10H,4H2,(H,11,12). The van der Waals surface area contributed by atoms with Gasteiger partial charge in [0.25, 0.3) is 5.69 Å². The highest BCUT2D eigenvalue weighted by Gasteiger charge is 2.16. The zero-order valence-corrected chi connectivity index (χ0v) is 14.3. The number of alkyl halides is 1. The van der Waals surface area contributed by atoms with Gasteiger partial charge in [0.1, 0.15) is 0 Å². The van der Waals surface area contributed by atoms with Crippen molar-refractivity contribution in [2.45, 2.75) is 11.9 Å². The number of aliphatic hydroxyl groups excluding tert-OH is 1. The molecule has 2 rings (SSSR count). The van der Waals surface area contributed by atoms with Crippen molar-refractivity contribution in [1.82, 2.24) is 0 Å². The Bertz CT molecular complexity index is 775. The Labute approximate surface area is 150 Å². The average molecular weight is 412 g/mol. The molecule has 0 saturated carbocycles. The molecule has 0 bridgehead atoms. The lowest BCUT2D eigenvalue weighted by molar-refractivity contribution is -0.385. The van der Waals surface area contributed by atoms with Crippen molar-refractivity contribution in [3.05, 3.63) is 74.8 Å². The van der Waals surface area contributed by atoms with E-state index in [2.05, 4.69) is 15.9 Å². The first-order valence-electron chi connectivity index (χ1n) is 6.79. The number of rotatable bonds is 5. The third kappa shape index (κ3) is 5.98. The predicted octanol–water partition coefficient (Wildman–Crippen LogP) is 3.07. The molecular weight excluding hydrogens is 398 g/mol. The van der Waals surface area contributed by atoms with Gasteiger partial charge in [0.05, 0.1) is 28.2 Å². The van der Waals surface area contributed by atoms with Crippen LogP contribution in [0.2, 0.25) is 0 Å². The fourth-order valence-electron chi connectivity index (χ4n) is 1.74. The summed E-state index contributed by atoms with van der Waals surface area (Å²) in [4.78, 5) is 30.6. The Hall–Kier alpha value is -2.78. The number of carbonyl (C=O) groups is 2. The molecule has 2 aromatic carbocycles. The van der Waals surface area contributed by atoms with Crippen LogP contribution in [-0.4, -0.2) is 32.2 Å². The van der Waals surface area contributed by atoms with E-state index in [0.717, 1.165) is 17.0 Å². The summed E-state index contributed by atoms with van der Waals surface area (Å²) in [7, 11) is 0. The fraction of sp³-hybridized carbons (Fsp3) is 0.125. The van der Waals surface area contributed by atoms with Crippen molar-refractivity contribution >= 4 is 33.6 Å². The van der Waals surface area contributed by atoms with Crippen molar-refractivity contribution in [2.75, 3.05) is 0 Å². The molecule has 0 atom stereocenters. The second-order valence-electron chi connectivity index (χ2n) is 4.70. The molecule has 0 unspecified atom stereocenters. The van der Waals surface area contributed by atoms with Crippen LogP contribution in [0, 0.1) is 10.1 Å². The highest BCUT2D eigenvalue weighted by Crippen LogP contribution is 2.20. The van der Waals surface area contributed by atoms with E-state index in [1.807, 2.05) is 0 Å². The van der Waals surface area contributed by atoms with Crippen LogP contribution in [-0.2, 0) is 11.9 Å². The number of aromatic carboxylic acids is 2. The molecule has 0 amide bonds. The minimum atomic E-state index is -1.24. The summed E-state index contributed by atoms with van der Waals surface area (Å²) in [6, 6.07) is 10.1. The van der Waals surface area contributed by atoms with E-state index in [9.17, 15) is 19.7 Å². The lowest BCUT2D eigenvalue weighted by atomic mass is 10.1. The lowest BCUT2D eigenvalue weighted by Gasteiger charge is -2.00. The number of hydrogen-bond donors (Lipinski definition) is 3. The van der Waals surface area contributed by atoms with Gasteiger partial charge in [-0.3, -0.25) is 10.1 Å². The maximum absolute atomic E-state index is 10.5. The first-order chi connectivity index (χ1) is 11.8. The molecule has 0 aliphatic rings. The Balaban J connectivity index is 0.000000257. The molecule has 0 fully saturated rings. The summed E-state index contributed by atoms with van der Waals surface area (Å²) in [5, 5.41) is 37.1. The van der Waals surface area contributed by atoms with Crippen LogP contribution in [0.15, 0.2) is 42.5 Å². The summed E-state index contributed by atoms with van der Waals surface area (Å²) in [6.07, 6.45) is 0. The summed E-state index contributed by atoms with van der Waals surface area (Å²) in [5.74, 6) is -2.12. The minimum Gasteiger partial charge on any atom is -0.478 e. The fourth-order valence-corrected chi connectivity index (χ4v) is 2.11. The summed E-state index contributed by atoms with van der Waals surface area (Å²) in [6.45, 7) is -0.490. The number of aliphatic hydroxyl groups is 1. The first kappa shape index (κ1) is 20.3. The molecular formula is C16H14BrNO7. The van der Waals surface area contributed by atoms with E-state index < -0.39 is 23.5 Å². The smallest absolute Gasteiger partial charge is 0.335 e. The zero-order chi connectivity index (χ0) is 19.0. The highest BCUT2D eigenvalue weighted by atomic mass is 79.9. The maximum atomic E-state index is 10.5. The van der Waals surface area contributed by atoms with Gasteiger partial charge in [0.2, 0.25) is 0 Å². The molecule has 0 heterocycles. The number of nitro groups is 1. The van der Waals surface area contributed by atoms with E-state index in [1.165, 1.54) is 12.1 Å². The number of halogens is 1. The normalized spacial score (nSPS) is 9.68. The topological polar surface area (TPSA) is 138 Å². The van der Waals surface area contributed by atoms with Crippen LogP contribution in [0.5, 0.6) is 0 Å². The third-order valence-electron chi connectivity index (χ3n) is 3.05. The van der Waals surface area contributed by atoms with Crippen LogP contribution >= 0.6 is 15.9 Å². The molecule has 3 N–H and O–H groups in total. The van der Waals surface area contributed by atoms with Crippen LogP contribution in [0.1, 0.15) is 31.8 Å². The Morgan fingerprint density at radius 3 is 1.92 bits per heavy atom. The predicted molar refractivity (Wildman–Crippen MR) is 92.0 cm³/mol. The number of nitrogens with zero attached hydrogens (tertiary/aromatic N) is 1. The van der Waals surface area contributed by atoms with Crippen molar-refractivity contribution in [2.24, 2.45) is 0 Å². The van der Waals surface area contributed by atoms with Gasteiger partial charge in [0, 0.05) is 11.4 Å². The SMILES string of the molecule is O=C(O)c1ccc(CBr)cc1.O=C(O)c1ccc(CO)c([N+](=O)[O-])c1. The molecule has 0 saturated heterocycles. The number of nitro benzene ring substituents is 1. The second kappa shape index (κ2) is 9.50. The number of benzene rings is 2. The van der Waals surface area contributed by atoms with E-state index in [4.69, 9.17) is 15.3 Å². The molecule has 0 aliphatic carbocycles. The second-order valence-corrected chi connectivity index (χ2v) is 5.26. The molecule has 0 aromatic heterocycles. The van der Waals surface area contributed by atoms with E-state index in [1.54, 1.807) is 24.3 Å². The van der Waals surface area contributed by atoms with E-state index in [-0.39, 0.29) is 16.8 Å². The molecule has 0 spiro atoms. The summed E-state index contributed by atoms with van der Waals surface area (Å²) >= 11 is 3.27. The van der Waals surface area contributed by atoms with Crippen molar-refractivity contribution < 1.29 is 29.8 Å². The largest absolute Gasteiger partial charge is 0.478 e. The van der Waals surface area contributed by atoms with Gasteiger partial charge in [-0.1, -0.05) is 28.1 Å². The van der Waals surface area contributed by atoms with Crippen LogP contribution < -0.4 is 0 Å². The molecule has 0 radical (unpaired) electrons. The van der Waals surface area contributed by atoms with Gasteiger partial charge in [-0.25, -0.2) is 9.59 Å². The zero-order valence-electron chi connectivity index (χ0n) is 12.8. The van der Waals surface area contributed by atoms with Gasteiger partial charge in [-0.15, -0.1) is 0 Å². The monoisotopic (exact) mass is 411 g/mol. The van der Waals surface area contributed by atoms with E-state index >= 15 is 0 Å². The van der Waals surface area contributed by atoms with Gasteiger partial charge in [0.15, 0.2) is 0 Å². The average Bonchev–Trinajstić information content (AvgIpc) is 2.61. The van der Waals surface area contributed by atoms with Crippen LogP contribution in [0.25, 0.3) is 0 Å². The Morgan fingerprint density at radius 2 is 1.52 bits per heavy atom. The number of carboxylic acid groups (broad SMARTS) is 2. The maximum Gasteiger partial charge on any atom is 0.335 e. The lowest BCUT2D eigenvalue weighted by Crippen LogP contribution is -2.01. The number of hydrogen-bond acceptors (Lipinski definition) is 5. The van der Waals surface area contributed by atoms with E-state index in [0.29, 0.717) is 5.56 Å². The van der Waals surface area contributed by atoms with Gasteiger partial charge < -0.3 is 15.3 Å². The number of carboxylic acids is 2.